The molecule has 5 nitrogen and oxygen atoms in total. The smallest absolute Gasteiger partial charge is 0.140 e. The molecule has 1 aromatic heterocycles. The van der Waals surface area contributed by atoms with Crippen molar-refractivity contribution >= 4 is 0 Å². The SMILES string of the molecule is ONCc1ncn[nH]1. The second kappa shape index (κ2) is 2.39. The number of hydrogen-bond acceptors (Lipinski definition) is 4. The van der Waals surface area contributed by atoms with Crippen molar-refractivity contribution < 1.29 is 5.21 Å². The van der Waals surface area contributed by atoms with Crippen LogP contribution in [0.25, 0.3) is 0 Å². The lowest BCUT2D eigenvalue weighted by Crippen LogP contribution is -2.07. The van der Waals surface area contributed by atoms with E-state index in [1.165, 1.54) is 6.33 Å². The van der Waals surface area contributed by atoms with Crippen molar-refractivity contribution in [1.82, 2.24) is 20.7 Å². The number of nitrogens with one attached hydrogen (secondary N) is 2. The zero-order chi connectivity index (χ0) is 5.82. The maximum Gasteiger partial charge on any atom is 0.140 e. The molecule has 1 aromatic rings. The highest BCUT2D eigenvalue weighted by atomic mass is 16.5. The Kier molecular flexibility index (Phi) is 1.55. The molecule has 3 N–H and O–H groups in total. The normalized spacial score (nSPS) is 9.62. The Bertz CT molecular complexity index is 137. The molecule has 0 fully saturated rings. The van der Waals surface area contributed by atoms with Gasteiger partial charge in [-0.25, -0.2) is 4.98 Å². The van der Waals surface area contributed by atoms with Gasteiger partial charge in [0.2, 0.25) is 0 Å². The van der Waals surface area contributed by atoms with Gasteiger partial charge in [0.1, 0.15) is 12.2 Å². The number of nitrogens with zero attached hydrogens (tertiary/aromatic N) is 2. The van der Waals surface area contributed by atoms with Gasteiger partial charge >= 0.3 is 0 Å². The number of aromatic nitrogens is 3. The summed E-state index contributed by atoms with van der Waals surface area (Å²) in [5.41, 5.74) is 1.94. The minimum absolute atomic E-state index is 0.306. The van der Waals surface area contributed by atoms with Gasteiger partial charge in [-0.3, -0.25) is 5.10 Å². The number of hydroxylamine groups is 1. The van der Waals surface area contributed by atoms with E-state index in [1.54, 1.807) is 0 Å². The van der Waals surface area contributed by atoms with Gasteiger partial charge in [0, 0.05) is 0 Å². The highest BCUT2D eigenvalue weighted by Gasteiger charge is 1.88. The molecule has 0 saturated carbocycles. The zero-order valence-electron chi connectivity index (χ0n) is 4.13. The summed E-state index contributed by atoms with van der Waals surface area (Å²) in [6.07, 6.45) is 1.38. The number of rotatable bonds is 2. The van der Waals surface area contributed by atoms with E-state index in [0.717, 1.165) is 0 Å². The molecule has 8 heavy (non-hydrogen) atoms. The topological polar surface area (TPSA) is 73.8 Å². The van der Waals surface area contributed by atoms with Crippen molar-refractivity contribution in [2.24, 2.45) is 0 Å². The molecule has 0 aromatic carbocycles. The molecule has 0 radical (unpaired) electrons. The summed E-state index contributed by atoms with van der Waals surface area (Å²) >= 11 is 0. The second-order valence-electron chi connectivity index (χ2n) is 1.27. The molecule has 0 amide bonds. The predicted molar refractivity (Wildman–Crippen MR) is 25.0 cm³/mol. The van der Waals surface area contributed by atoms with Gasteiger partial charge in [0.15, 0.2) is 0 Å². The highest BCUT2D eigenvalue weighted by molar-refractivity contribution is 4.76. The van der Waals surface area contributed by atoms with Crippen LogP contribution in [-0.4, -0.2) is 20.4 Å². The summed E-state index contributed by atoms with van der Waals surface area (Å²) in [6, 6.07) is 0. The van der Waals surface area contributed by atoms with Crippen molar-refractivity contribution in [3.8, 4) is 0 Å². The van der Waals surface area contributed by atoms with Crippen LogP contribution >= 0.6 is 0 Å². The minimum Gasteiger partial charge on any atom is -0.316 e. The van der Waals surface area contributed by atoms with Crippen LogP contribution in [0.1, 0.15) is 5.82 Å². The van der Waals surface area contributed by atoms with E-state index in [9.17, 15) is 0 Å². The van der Waals surface area contributed by atoms with Gasteiger partial charge in [0.25, 0.3) is 0 Å². The van der Waals surface area contributed by atoms with Crippen molar-refractivity contribution in [2.45, 2.75) is 6.54 Å². The number of hydrogen-bond donors (Lipinski definition) is 3. The molecule has 5 heteroatoms. The first-order chi connectivity index (χ1) is 3.93. The quantitative estimate of drug-likeness (QED) is 0.444. The monoisotopic (exact) mass is 114 g/mol. The molecule has 0 spiro atoms. The molecule has 0 saturated heterocycles. The highest BCUT2D eigenvalue weighted by Crippen LogP contribution is 1.79. The summed E-state index contributed by atoms with van der Waals surface area (Å²) < 4.78 is 0. The van der Waals surface area contributed by atoms with Gasteiger partial charge in [-0.1, -0.05) is 0 Å². The standard InChI is InChI=1S/C3H6N4O/c8-6-1-3-4-2-5-7-3/h2,6,8H,1H2,(H,4,5,7). The Hall–Kier alpha value is -0.940. The van der Waals surface area contributed by atoms with Gasteiger partial charge in [-0.15, -0.1) is 0 Å². The first-order valence-electron chi connectivity index (χ1n) is 2.14. The van der Waals surface area contributed by atoms with Crippen LogP contribution in [-0.2, 0) is 6.54 Å². The van der Waals surface area contributed by atoms with Crippen LogP contribution in [0.2, 0.25) is 0 Å². The fraction of sp³-hybridized carbons (Fsp3) is 0.333. The molecule has 44 valence electrons. The van der Waals surface area contributed by atoms with Gasteiger partial charge in [-0.2, -0.15) is 10.6 Å². The van der Waals surface area contributed by atoms with Crippen LogP contribution in [0, 0.1) is 0 Å². The molecule has 0 unspecified atom stereocenters. The minimum atomic E-state index is 0.306. The predicted octanol–water partition coefficient (Wildman–Crippen LogP) is -0.717. The maximum absolute atomic E-state index is 8.10. The Labute approximate surface area is 45.7 Å². The fourth-order valence-electron chi connectivity index (χ4n) is 0.391. The molecule has 0 atom stereocenters. The Morgan fingerprint density at radius 3 is 3.25 bits per heavy atom. The third-order valence-corrected chi connectivity index (χ3v) is 0.711. The lowest BCUT2D eigenvalue weighted by molar-refractivity contribution is 0.158. The van der Waals surface area contributed by atoms with Gasteiger partial charge in [-0.05, 0) is 0 Å². The average molecular weight is 114 g/mol. The fourth-order valence-corrected chi connectivity index (χ4v) is 0.391. The van der Waals surface area contributed by atoms with E-state index in [0.29, 0.717) is 12.4 Å². The van der Waals surface area contributed by atoms with Crippen LogP contribution in [0.15, 0.2) is 6.33 Å². The Morgan fingerprint density at radius 2 is 2.75 bits per heavy atom. The average Bonchev–Trinajstić information content (AvgIpc) is 2.19. The summed E-state index contributed by atoms with van der Waals surface area (Å²) in [4.78, 5) is 3.72. The maximum atomic E-state index is 8.10. The largest absolute Gasteiger partial charge is 0.316 e. The molecular formula is C3H6N4O. The number of aromatic amines is 1. The van der Waals surface area contributed by atoms with Gasteiger partial charge < -0.3 is 5.21 Å². The first kappa shape index (κ1) is 5.20. The molecule has 0 aliphatic rings. The Balaban J connectivity index is 2.50. The molecule has 0 aliphatic heterocycles. The van der Waals surface area contributed by atoms with E-state index >= 15 is 0 Å². The van der Waals surface area contributed by atoms with Crippen molar-refractivity contribution in [3.05, 3.63) is 12.2 Å². The van der Waals surface area contributed by atoms with E-state index in [2.05, 4.69) is 15.2 Å². The summed E-state index contributed by atoms with van der Waals surface area (Å²) in [5, 5.41) is 14.2. The van der Waals surface area contributed by atoms with E-state index < -0.39 is 0 Å². The van der Waals surface area contributed by atoms with Crippen molar-refractivity contribution in [3.63, 3.8) is 0 Å². The van der Waals surface area contributed by atoms with Crippen LogP contribution in [0.4, 0.5) is 0 Å². The summed E-state index contributed by atoms with van der Waals surface area (Å²) in [5.74, 6) is 0.618. The van der Waals surface area contributed by atoms with Crippen molar-refractivity contribution in [1.29, 1.82) is 0 Å². The summed E-state index contributed by atoms with van der Waals surface area (Å²) in [7, 11) is 0. The van der Waals surface area contributed by atoms with Crippen LogP contribution < -0.4 is 5.48 Å². The molecule has 1 rings (SSSR count). The van der Waals surface area contributed by atoms with Crippen LogP contribution in [0.5, 0.6) is 0 Å². The molecule has 0 aliphatic carbocycles. The summed E-state index contributed by atoms with van der Waals surface area (Å²) in [6.45, 7) is 0.306. The first-order valence-corrected chi connectivity index (χ1v) is 2.14. The van der Waals surface area contributed by atoms with E-state index in [-0.39, 0.29) is 0 Å². The van der Waals surface area contributed by atoms with Crippen molar-refractivity contribution in [2.75, 3.05) is 0 Å². The Morgan fingerprint density at radius 1 is 1.88 bits per heavy atom. The van der Waals surface area contributed by atoms with Crippen LogP contribution in [0.3, 0.4) is 0 Å². The molecule has 1 heterocycles. The lowest BCUT2D eigenvalue weighted by atomic mass is 10.6. The molecular weight excluding hydrogens is 108 g/mol. The van der Waals surface area contributed by atoms with E-state index in [1.807, 2.05) is 5.48 Å². The third kappa shape index (κ3) is 1.02. The lowest BCUT2D eigenvalue weighted by Gasteiger charge is -1.86. The zero-order valence-corrected chi connectivity index (χ0v) is 4.13. The van der Waals surface area contributed by atoms with Gasteiger partial charge in [0.05, 0.1) is 6.54 Å². The second-order valence-corrected chi connectivity index (χ2v) is 1.27. The van der Waals surface area contributed by atoms with E-state index in [4.69, 9.17) is 5.21 Å². The molecule has 0 bridgehead atoms. The third-order valence-electron chi connectivity index (χ3n) is 0.711. The number of H-pyrrole nitrogens is 1.